The standard InChI is InChI=1S/C11H16BrNO2S/c1-3-15-5-4-11(14)13(2)7-10-6-9(12)8-16-10/h6,8H,3-5,7H2,1-2H3. The van der Waals surface area contributed by atoms with Crippen LogP contribution in [0.25, 0.3) is 0 Å². The van der Waals surface area contributed by atoms with Crippen LogP contribution in [0.1, 0.15) is 18.2 Å². The molecule has 1 aromatic rings. The Morgan fingerprint density at radius 3 is 2.94 bits per heavy atom. The van der Waals surface area contributed by atoms with E-state index in [9.17, 15) is 4.79 Å². The summed E-state index contributed by atoms with van der Waals surface area (Å²) in [6.07, 6.45) is 0.455. The summed E-state index contributed by atoms with van der Waals surface area (Å²) >= 11 is 5.05. The van der Waals surface area contributed by atoms with Gasteiger partial charge in [0.2, 0.25) is 5.91 Å². The fraction of sp³-hybridized carbons (Fsp3) is 0.545. The molecule has 0 aliphatic rings. The molecule has 0 saturated heterocycles. The smallest absolute Gasteiger partial charge is 0.224 e. The number of halogens is 1. The summed E-state index contributed by atoms with van der Waals surface area (Å²) in [5, 5.41) is 2.02. The van der Waals surface area contributed by atoms with Crippen molar-refractivity contribution in [2.45, 2.75) is 19.9 Å². The maximum absolute atomic E-state index is 11.7. The topological polar surface area (TPSA) is 29.5 Å². The van der Waals surface area contributed by atoms with Gasteiger partial charge in [0.1, 0.15) is 0 Å². The first-order chi connectivity index (χ1) is 7.63. The summed E-state index contributed by atoms with van der Waals surface area (Å²) in [6.45, 7) is 3.77. The lowest BCUT2D eigenvalue weighted by molar-refractivity contribution is -0.131. The van der Waals surface area contributed by atoms with Crippen LogP contribution in [0.4, 0.5) is 0 Å². The third-order valence-corrected chi connectivity index (χ3v) is 3.79. The molecular formula is C11H16BrNO2S. The Morgan fingerprint density at radius 1 is 1.62 bits per heavy atom. The number of amides is 1. The molecule has 0 radical (unpaired) electrons. The summed E-state index contributed by atoms with van der Waals surface area (Å²) in [5.74, 6) is 0.123. The molecule has 0 saturated carbocycles. The molecule has 1 heterocycles. The molecule has 0 aromatic carbocycles. The van der Waals surface area contributed by atoms with Gasteiger partial charge in [-0.3, -0.25) is 4.79 Å². The maximum Gasteiger partial charge on any atom is 0.224 e. The van der Waals surface area contributed by atoms with Gasteiger partial charge in [0.25, 0.3) is 0 Å². The van der Waals surface area contributed by atoms with E-state index in [0.717, 1.165) is 4.47 Å². The van der Waals surface area contributed by atoms with Crippen molar-refractivity contribution in [3.63, 3.8) is 0 Å². The van der Waals surface area contributed by atoms with E-state index < -0.39 is 0 Å². The average molecular weight is 306 g/mol. The Hall–Kier alpha value is -0.390. The van der Waals surface area contributed by atoms with Gasteiger partial charge in [0.05, 0.1) is 19.6 Å². The lowest BCUT2D eigenvalue weighted by atomic mass is 10.3. The summed E-state index contributed by atoms with van der Waals surface area (Å²) in [5.41, 5.74) is 0. The van der Waals surface area contributed by atoms with Gasteiger partial charge in [-0.05, 0) is 28.9 Å². The number of ether oxygens (including phenoxy) is 1. The third-order valence-electron chi connectivity index (χ3n) is 2.10. The number of hydrogen-bond acceptors (Lipinski definition) is 3. The molecule has 0 aliphatic carbocycles. The van der Waals surface area contributed by atoms with E-state index >= 15 is 0 Å². The number of carbonyl (C=O) groups excluding carboxylic acids is 1. The van der Waals surface area contributed by atoms with Crippen LogP contribution in [-0.4, -0.2) is 31.1 Å². The lowest BCUT2D eigenvalue weighted by Gasteiger charge is -2.15. The van der Waals surface area contributed by atoms with Gasteiger partial charge in [0.15, 0.2) is 0 Å². The highest BCUT2D eigenvalue weighted by atomic mass is 79.9. The highest BCUT2D eigenvalue weighted by molar-refractivity contribution is 9.10. The average Bonchev–Trinajstić information content (AvgIpc) is 2.64. The minimum absolute atomic E-state index is 0.123. The molecule has 1 amide bonds. The number of rotatable bonds is 6. The first-order valence-electron chi connectivity index (χ1n) is 5.18. The minimum Gasteiger partial charge on any atom is -0.381 e. The van der Waals surface area contributed by atoms with E-state index in [2.05, 4.69) is 15.9 Å². The fourth-order valence-corrected chi connectivity index (χ4v) is 2.76. The molecule has 0 unspecified atom stereocenters. The van der Waals surface area contributed by atoms with Crippen LogP contribution in [0, 0.1) is 0 Å². The second-order valence-corrected chi connectivity index (χ2v) is 5.34. The Morgan fingerprint density at radius 2 is 2.38 bits per heavy atom. The van der Waals surface area contributed by atoms with Crippen LogP contribution in [0.15, 0.2) is 15.9 Å². The second-order valence-electron chi connectivity index (χ2n) is 3.43. The molecule has 0 bridgehead atoms. The van der Waals surface area contributed by atoms with E-state index in [4.69, 9.17) is 4.74 Å². The molecule has 90 valence electrons. The molecule has 0 spiro atoms. The molecule has 5 heteroatoms. The van der Waals surface area contributed by atoms with Gasteiger partial charge < -0.3 is 9.64 Å². The molecular weight excluding hydrogens is 290 g/mol. The van der Waals surface area contributed by atoms with Gasteiger partial charge in [-0.2, -0.15) is 0 Å². The van der Waals surface area contributed by atoms with Crippen LogP contribution in [0.5, 0.6) is 0 Å². The van der Waals surface area contributed by atoms with Crippen molar-refractivity contribution in [3.05, 3.63) is 20.8 Å². The van der Waals surface area contributed by atoms with Crippen LogP contribution in [0.2, 0.25) is 0 Å². The molecule has 0 aliphatic heterocycles. The lowest BCUT2D eigenvalue weighted by Crippen LogP contribution is -2.26. The van der Waals surface area contributed by atoms with E-state index in [1.165, 1.54) is 4.88 Å². The number of hydrogen-bond donors (Lipinski definition) is 0. The Bertz CT molecular complexity index is 340. The highest BCUT2D eigenvalue weighted by Crippen LogP contribution is 2.20. The Labute approximate surface area is 109 Å². The van der Waals surface area contributed by atoms with Gasteiger partial charge >= 0.3 is 0 Å². The van der Waals surface area contributed by atoms with Crippen molar-refractivity contribution >= 4 is 33.2 Å². The normalized spacial score (nSPS) is 10.4. The van der Waals surface area contributed by atoms with Crippen LogP contribution >= 0.6 is 27.3 Å². The van der Waals surface area contributed by atoms with E-state index in [1.54, 1.807) is 16.2 Å². The quantitative estimate of drug-likeness (QED) is 0.756. The number of carbonyl (C=O) groups is 1. The Balaban J connectivity index is 2.34. The fourth-order valence-electron chi connectivity index (χ4n) is 1.25. The highest BCUT2D eigenvalue weighted by Gasteiger charge is 2.09. The van der Waals surface area contributed by atoms with E-state index in [-0.39, 0.29) is 5.91 Å². The zero-order chi connectivity index (χ0) is 12.0. The van der Waals surface area contributed by atoms with Crippen LogP contribution in [-0.2, 0) is 16.1 Å². The number of thiophene rings is 1. The molecule has 0 N–H and O–H groups in total. The molecule has 1 rings (SSSR count). The summed E-state index contributed by atoms with van der Waals surface area (Å²) in [7, 11) is 1.82. The van der Waals surface area contributed by atoms with Crippen molar-refractivity contribution in [3.8, 4) is 0 Å². The Kier molecular flexibility index (Phi) is 6.01. The van der Waals surface area contributed by atoms with E-state index in [0.29, 0.717) is 26.2 Å². The maximum atomic E-state index is 11.7. The third kappa shape index (κ3) is 4.63. The van der Waals surface area contributed by atoms with Gasteiger partial charge in [0, 0.05) is 28.4 Å². The van der Waals surface area contributed by atoms with E-state index in [1.807, 2.05) is 25.4 Å². The van der Waals surface area contributed by atoms with Crippen LogP contribution < -0.4 is 0 Å². The van der Waals surface area contributed by atoms with Crippen molar-refractivity contribution in [2.75, 3.05) is 20.3 Å². The largest absolute Gasteiger partial charge is 0.381 e. The summed E-state index contributed by atoms with van der Waals surface area (Å²) in [6, 6.07) is 2.04. The summed E-state index contributed by atoms with van der Waals surface area (Å²) in [4.78, 5) is 14.6. The van der Waals surface area contributed by atoms with Gasteiger partial charge in [-0.15, -0.1) is 11.3 Å². The zero-order valence-corrected chi connectivity index (χ0v) is 11.9. The molecule has 1 aromatic heterocycles. The predicted octanol–water partition coefficient (Wildman–Crippen LogP) is 2.90. The van der Waals surface area contributed by atoms with Crippen molar-refractivity contribution in [2.24, 2.45) is 0 Å². The number of nitrogens with zero attached hydrogens (tertiary/aromatic N) is 1. The monoisotopic (exact) mass is 305 g/mol. The van der Waals surface area contributed by atoms with Crippen molar-refractivity contribution in [1.82, 2.24) is 4.90 Å². The van der Waals surface area contributed by atoms with Crippen molar-refractivity contribution < 1.29 is 9.53 Å². The first kappa shape index (κ1) is 13.7. The molecule has 0 atom stereocenters. The van der Waals surface area contributed by atoms with Crippen molar-refractivity contribution in [1.29, 1.82) is 0 Å². The first-order valence-corrected chi connectivity index (χ1v) is 6.85. The molecule has 0 fully saturated rings. The SMILES string of the molecule is CCOCCC(=O)N(C)Cc1cc(Br)cs1. The van der Waals surface area contributed by atoms with Crippen LogP contribution in [0.3, 0.4) is 0 Å². The van der Waals surface area contributed by atoms with Gasteiger partial charge in [-0.1, -0.05) is 0 Å². The second kappa shape index (κ2) is 7.04. The molecule has 3 nitrogen and oxygen atoms in total. The summed E-state index contributed by atoms with van der Waals surface area (Å²) < 4.78 is 6.23. The molecule has 16 heavy (non-hydrogen) atoms. The minimum atomic E-state index is 0.123. The van der Waals surface area contributed by atoms with Gasteiger partial charge in [-0.25, -0.2) is 0 Å². The zero-order valence-electron chi connectivity index (χ0n) is 9.53. The predicted molar refractivity (Wildman–Crippen MR) is 69.6 cm³/mol.